The van der Waals surface area contributed by atoms with Crippen molar-refractivity contribution in [2.24, 2.45) is 33.7 Å². The summed E-state index contributed by atoms with van der Waals surface area (Å²) < 4.78 is 24.0. The standard InChI is InChI=1S/C44H58N4O11/c1-21-12-11-13-22(2)42(55)46-34-33-32(47-44(20-45-33)15-17-48(9)18-16-44)29-30(38(34)53)37(52)26(6)40-31(29)41(54)43(8,59-40)57-19-14-28(56-10)23(3)39(58-27(7)49)25(5)36(51)24(4)35(21)50/h11-14,19,21,23-25,28,35-36,39,47,50-53H,15-18,20H2,1-10H3/b12-11+,19-14+,22-13-,46-34?/t21-,23+,24+,25+,28-,35-,36+,39+,43-/m0/s1. The molecule has 9 atom stereocenters. The van der Waals surface area contributed by atoms with Gasteiger partial charge in [-0.05, 0) is 39.8 Å². The van der Waals surface area contributed by atoms with Gasteiger partial charge in [-0.25, -0.2) is 4.99 Å². The fraction of sp³-hybridized carbons (Fsp3) is 0.568. The summed E-state index contributed by atoms with van der Waals surface area (Å²) in [7, 11) is 3.51. The number of aromatic hydroxyl groups is 2. The number of fused-ring (bicyclic) bond motifs is 1. The molecule has 59 heavy (non-hydrogen) atoms. The Morgan fingerprint density at radius 2 is 1.64 bits per heavy atom. The van der Waals surface area contributed by atoms with E-state index in [1.54, 1.807) is 59.8 Å². The lowest BCUT2D eigenvalue weighted by Gasteiger charge is -2.43. The molecule has 1 fully saturated rings. The van der Waals surface area contributed by atoms with Gasteiger partial charge >= 0.3 is 11.8 Å². The number of aliphatic hydroxyl groups is 2. The second-order valence-corrected chi connectivity index (χ2v) is 17.0. The number of allylic oxidation sites excluding steroid dienone is 2. The van der Waals surface area contributed by atoms with Crippen LogP contribution in [-0.4, -0.2) is 113 Å². The highest BCUT2D eigenvalue weighted by Gasteiger charge is 2.50. The molecule has 0 saturated carbocycles. The number of piperidine rings is 1. The minimum Gasteiger partial charge on any atom is -0.507 e. The molecule has 4 aliphatic heterocycles. The number of rotatable bonds is 2. The highest BCUT2D eigenvalue weighted by molar-refractivity contribution is 6.21. The quantitative estimate of drug-likeness (QED) is 0.216. The second kappa shape index (κ2) is 16.7. The van der Waals surface area contributed by atoms with E-state index >= 15 is 0 Å². The van der Waals surface area contributed by atoms with Crippen LogP contribution >= 0.6 is 0 Å². The minimum atomic E-state index is -1.95. The number of esters is 1. The minimum absolute atomic E-state index is 0.0544. The van der Waals surface area contributed by atoms with Gasteiger partial charge in [0.05, 0.1) is 53.3 Å². The van der Waals surface area contributed by atoms with Crippen molar-refractivity contribution in [1.29, 1.82) is 0 Å². The third kappa shape index (κ3) is 7.97. The fourth-order valence-electron chi connectivity index (χ4n) is 8.81. The van der Waals surface area contributed by atoms with Gasteiger partial charge in [0.1, 0.15) is 28.3 Å². The summed E-state index contributed by atoms with van der Waals surface area (Å²) in [6, 6.07) is 0. The molecule has 6 rings (SSSR count). The number of ether oxygens (including phenoxy) is 4. The second-order valence-electron chi connectivity index (χ2n) is 17.0. The van der Waals surface area contributed by atoms with E-state index < -0.39 is 82.8 Å². The molecule has 1 spiro atoms. The van der Waals surface area contributed by atoms with Crippen LogP contribution in [0.5, 0.6) is 17.2 Å². The molecule has 4 heterocycles. The largest absolute Gasteiger partial charge is 0.507 e. The molecule has 15 nitrogen and oxygen atoms in total. The van der Waals surface area contributed by atoms with Crippen LogP contribution in [0.25, 0.3) is 10.8 Å². The van der Waals surface area contributed by atoms with Gasteiger partial charge in [0.15, 0.2) is 5.75 Å². The Balaban J connectivity index is 1.57. The van der Waals surface area contributed by atoms with Crippen molar-refractivity contribution < 1.29 is 53.8 Å². The number of hydrogen-bond acceptors (Lipinski definition) is 14. The normalized spacial score (nSPS) is 33.5. The van der Waals surface area contributed by atoms with E-state index in [9.17, 15) is 34.8 Å². The monoisotopic (exact) mass is 818 g/mol. The number of benzene rings is 2. The molecule has 15 heteroatoms. The summed E-state index contributed by atoms with van der Waals surface area (Å²) >= 11 is 0. The molecule has 0 aliphatic carbocycles. The SMILES string of the molecule is CO[C@H]1/C=C/O[C@@]2(C)Oc3c(C)c(O)c4c(O)c(c5c(c4c3C2=O)NC2(CCN(C)CC2)CN=5)=NC(=O)/C(C)=C\C=C\[C@H](C)[C@H](O)[C@@H](C)[C@@H](O)[C@@H](C)[C@H](OC(C)=O)[C@@H]1C. The zero-order valence-corrected chi connectivity index (χ0v) is 35.5. The zero-order valence-electron chi connectivity index (χ0n) is 35.5. The zero-order chi connectivity index (χ0) is 43.3. The van der Waals surface area contributed by atoms with Crippen LogP contribution in [-0.2, 0) is 23.8 Å². The number of hydrogen-bond donors (Lipinski definition) is 5. The highest BCUT2D eigenvalue weighted by Crippen LogP contribution is 2.51. The first-order valence-corrected chi connectivity index (χ1v) is 20.2. The number of nitrogens with zero attached hydrogens (tertiary/aromatic N) is 3. The van der Waals surface area contributed by atoms with Gasteiger partial charge in [0, 0.05) is 74.2 Å². The summed E-state index contributed by atoms with van der Waals surface area (Å²) in [5.74, 6) is -7.03. The number of aliphatic hydroxyl groups excluding tert-OH is 2. The van der Waals surface area contributed by atoms with E-state index in [0.717, 1.165) is 13.1 Å². The Labute approximate surface area is 344 Å². The topological polar surface area (TPSA) is 209 Å². The van der Waals surface area contributed by atoms with E-state index in [0.29, 0.717) is 25.1 Å². The average Bonchev–Trinajstić information content (AvgIpc) is 3.47. The molecule has 2 aromatic carbocycles. The number of phenols is 2. The maximum Gasteiger partial charge on any atom is 0.312 e. The lowest BCUT2D eigenvalue weighted by Crippen LogP contribution is -2.54. The van der Waals surface area contributed by atoms with Crippen molar-refractivity contribution in [3.63, 3.8) is 0 Å². The number of ketones is 1. The molecule has 0 aromatic heterocycles. The van der Waals surface area contributed by atoms with E-state index in [4.69, 9.17) is 23.9 Å². The third-order valence-corrected chi connectivity index (χ3v) is 12.8. The van der Waals surface area contributed by atoms with Crippen LogP contribution in [0.15, 0.2) is 46.1 Å². The predicted octanol–water partition coefficient (Wildman–Crippen LogP) is 3.77. The predicted molar refractivity (Wildman–Crippen MR) is 219 cm³/mol. The molecule has 4 aliphatic rings. The Morgan fingerprint density at radius 3 is 2.29 bits per heavy atom. The van der Waals surface area contributed by atoms with Crippen molar-refractivity contribution in [2.45, 2.75) is 104 Å². The summed E-state index contributed by atoms with van der Waals surface area (Å²) in [6.45, 7) is 14.7. The number of phenolic OH excluding ortho intramolecular Hbond substituents is 2. The summed E-state index contributed by atoms with van der Waals surface area (Å²) in [6.07, 6.45) is 5.32. The van der Waals surface area contributed by atoms with E-state index in [2.05, 4.69) is 15.2 Å². The van der Waals surface area contributed by atoms with Crippen LogP contribution in [0.4, 0.5) is 5.69 Å². The third-order valence-electron chi connectivity index (χ3n) is 12.8. The average molecular weight is 819 g/mol. The maximum absolute atomic E-state index is 14.7. The summed E-state index contributed by atoms with van der Waals surface area (Å²) in [5.41, 5.74) is 0.224. The highest BCUT2D eigenvalue weighted by atomic mass is 16.7. The van der Waals surface area contributed by atoms with Gasteiger partial charge in [0.2, 0.25) is 0 Å². The number of amides is 1. The molecular formula is C44H58N4O11. The molecule has 5 N–H and O–H groups in total. The van der Waals surface area contributed by atoms with Gasteiger partial charge in [0.25, 0.3) is 11.7 Å². The maximum atomic E-state index is 14.7. The molecule has 0 radical (unpaired) electrons. The number of Topliss-reactive ketones (excluding diaryl/α,β-unsaturated/α-hetero) is 1. The van der Waals surface area contributed by atoms with Crippen molar-refractivity contribution in [3.8, 4) is 17.2 Å². The Kier molecular flexibility index (Phi) is 12.4. The number of nitrogens with one attached hydrogen (secondary N) is 1. The number of carbonyl (C=O) groups is 3. The van der Waals surface area contributed by atoms with Gasteiger partial charge in [-0.3, -0.25) is 19.4 Å². The van der Waals surface area contributed by atoms with Crippen molar-refractivity contribution in [1.82, 2.24) is 4.90 Å². The van der Waals surface area contributed by atoms with E-state index in [-0.39, 0.29) is 49.7 Å². The van der Waals surface area contributed by atoms with Crippen molar-refractivity contribution in [3.05, 3.63) is 58.0 Å². The van der Waals surface area contributed by atoms with Crippen LogP contribution in [0.1, 0.15) is 77.2 Å². The first-order valence-electron chi connectivity index (χ1n) is 20.2. The Hall–Kier alpha value is -4.83. The molecule has 320 valence electrons. The Morgan fingerprint density at radius 1 is 0.966 bits per heavy atom. The number of likely N-dealkylation sites (tertiary alicyclic amines) is 1. The smallest absolute Gasteiger partial charge is 0.312 e. The molecule has 4 bridgehead atoms. The number of methoxy groups -OCH3 is 1. The lowest BCUT2D eigenvalue weighted by molar-refractivity contribution is -0.160. The first kappa shape index (κ1) is 43.7. The first-order chi connectivity index (χ1) is 27.8. The van der Waals surface area contributed by atoms with Crippen LogP contribution in [0.3, 0.4) is 0 Å². The Bertz CT molecular complexity index is 2240. The molecule has 1 saturated heterocycles. The molecule has 1 amide bonds. The van der Waals surface area contributed by atoms with Crippen molar-refractivity contribution in [2.75, 3.05) is 39.1 Å². The molecular weight excluding hydrogens is 761 g/mol. The van der Waals surface area contributed by atoms with Gasteiger partial charge in [-0.1, -0.05) is 45.9 Å². The fourth-order valence-corrected chi connectivity index (χ4v) is 8.81. The van der Waals surface area contributed by atoms with Crippen molar-refractivity contribution >= 4 is 34.1 Å². The van der Waals surface area contributed by atoms with E-state index in [1.165, 1.54) is 33.3 Å². The van der Waals surface area contributed by atoms with E-state index in [1.807, 2.05) is 7.05 Å². The number of anilines is 1. The molecule has 0 unspecified atom stereocenters. The summed E-state index contributed by atoms with van der Waals surface area (Å²) in [5, 5.41) is 50.4. The van der Waals surface area contributed by atoms with Crippen LogP contribution in [0, 0.1) is 30.6 Å². The molecule has 2 aromatic rings. The lowest BCUT2D eigenvalue weighted by atomic mass is 9.78. The van der Waals surface area contributed by atoms with Crippen LogP contribution in [0.2, 0.25) is 0 Å². The van der Waals surface area contributed by atoms with Gasteiger partial charge in [-0.15, -0.1) is 0 Å². The van der Waals surface area contributed by atoms with Crippen LogP contribution < -0.4 is 20.8 Å². The van der Waals surface area contributed by atoms with Gasteiger partial charge < -0.3 is 49.6 Å². The summed E-state index contributed by atoms with van der Waals surface area (Å²) in [4.78, 5) is 52.4. The number of carbonyl (C=O) groups excluding carboxylic acids is 3. The van der Waals surface area contributed by atoms with Gasteiger partial charge in [-0.2, -0.15) is 0 Å².